The molecule has 0 aliphatic carbocycles. The third-order valence-electron chi connectivity index (χ3n) is 0.973. The van der Waals surface area contributed by atoms with Gasteiger partial charge in [-0.25, -0.2) is 0 Å². The first kappa shape index (κ1) is 5.29. The molecular formula is C4H8N2Se. The standard InChI is InChI=1S/C4H8N2Se/c5-7-4-2-1-3-6-4/h1-3,5H2. The van der Waals surface area contributed by atoms with Crippen LogP contribution < -0.4 is 4.75 Å². The molecule has 0 aromatic rings. The molecule has 0 atom stereocenters. The quantitative estimate of drug-likeness (QED) is 0.532. The first-order valence-corrected chi connectivity index (χ1v) is 4.18. The van der Waals surface area contributed by atoms with Crippen LogP contribution in [-0.4, -0.2) is 26.3 Å². The zero-order chi connectivity index (χ0) is 5.11. The minimum atomic E-state index is 0.205. The molecule has 0 aromatic heterocycles. The number of hydrogen-bond acceptors (Lipinski definition) is 2. The maximum absolute atomic E-state index is 5.37. The van der Waals surface area contributed by atoms with Crippen molar-refractivity contribution in [1.82, 2.24) is 0 Å². The first-order chi connectivity index (χ1) is 3.43. The molecule has 0 radical (unpaired) electrons. The number of hydrogen-bond donors (Lipinski definition) is 1. The molecule has 2 nitrogen and oxygen atoms in total. The maximum atomic E-state index is 5.37. The van der Waals surface area contributed by atoms with E-state index in [1.54, 1.807) is 0 Å². The minimum absolute atomic E-state index is 0.205. The van der Waals surface area contributed by atoms with Gasteiger partial charge >= 0.3 is 48.9 Å². The van der Waals surface area contributed by atoms with Gasteiger partial charge in [-0.05, 0) is 0 Å². The Morgan fingerprint density at radius 1 is 1.71 bits per heavy atom. The molecule has 0 saturated heterocycles. The summed E-state index contributed by atoms with van der Waals surface area (Å²) in [4.78, 5) is 4.17. The van der Waals surface area contributed by atoms with Crippen LogP contribution in [0.15, 0.2) is 4.99 Å². The summed E-state index contributed by atoms with van der Waals surface area (Å²) in [6.07, 6.45) is 2.39. The van der Waals surface area contributed by atoms with Crippen LogP contribution in [0.3, 0.4) is 0 Å². The second kappa shape index (κ2) is 2.46. The number of aliphatic imine (C=N–C) groups is 1. The molecule has 3 heteroatoms. The van der Waals surface area contributed by atoms with Gasteiger partial charge in [0.1, 0.15) is 0 Å². The Kier molecular flexibility index (Phi) is 1.86. The second-order valence-electron chi connectivity index (χ2n) is 1.50. The molecule has 1 aliphatic heterocycles. The van der Waals surface area contributed by atoms with E-state index in [-0.39, 0.29) is 15.2 Å². The van der Waals surface area contributed by atoms with Crippen LogP contribution in [0, 0.1) is 0 Å². The zero-order valence-electron chi connectivity index (χ0n) is 4.05. The molecule has 0 spiro atoms. The van der Waals surface area contributed by atoms with Crippen molar-refractivity contribution < 1.29 is 0 Å². The second-order valence-corrected chi connectivity index (χ2v) is 2.98. The summed E-state index contributed by atoms with van der Waals surface area (Å²) in [5.41, 5.74) is 0. The van der Waals surface area contributed by atoms with Crippen LogP contribution in [0.2, 0.25) is 0 Å². The van der Waals surface area contributed by atoms with Crippen molar-refractivity contribution in [2.75, 3.05) is 6.54 Å². The Morgan fingerprint density at radius 3 is 2.86 bits per heavy atom. The van der Waals surface area contributed by atoms with E-state index in [9.17, 15) is 0 Å². The molecule has 0 saturated carbocycles. The van der Waals surface area contributed by atoms with Crippen LogP contribution in [0.4, 0.5) is 0 Å². The van der Waals surface area contributed by atoms with Crippen LogP contribution >= 0.6 is 0 Å². The van der Waals surface area contributed by atoms with Crippen molar-refractivity contribution in [1.29, 1.82) is 0 Å². The molecule has 1 heterocycles. The van der Waals surface area contributed by atoms with Gasteiger partial charge in [0.15, 0.2) is 0 Å². The summed E-state index contributed by atoms with van der Waals surface area (Å²) in [6, 6.07) is 0. The summed E-state index contributed by atoms with van der Waals surface area (Å²) in [5, 5.41) is 0. The topological polar surface area (TPSA) is 38.4 Å². The molecule has 0 unspecified atom stereocenters. The van der Waals surface area contributed by atoms with Crippen molar-refractivity contribution in [2.45, 2.75) is 12.8 Å². The molecule has 40 valence electrons. The van der Waals surface area contributed by atoms with Crippen LogP contribution in [0.25, 0.3) is 0 Å². The van der Waals surface area contributed by atoms with E-state index in [1.807, 2.05) is 0 Å². The van der Waals surface area contributed by atoms with Gasteiger partial charge in [-0.1, -0.05) is 0 Å². The van der Waals surface area contributed by atoms with Crippen molar-refractivity contribution in [3.63, 3.8) is 0 Å². The van der Waals surface area contributed by atoms with E-state index in [0.29, 0.717) is 0 Å². The number of nitrogens with zero attached hydrogens (tertiary/aromatic N) is 1. The van der Waals surface area contributed by atoms with E-state index >= 15 is 0 Å². The number of nitrogens with two attached hydrogens (primary N) is 1. The molecule has 0 bridgehead atoms. The fourth-order valence-corrected chi connectivity index (χ4v) is 1.51. The van der Waals surface area contributed by atoms with E-state index < -0.39 is 0 Å². The molecule has 1 rings (SSSR count). The average Bonchev–Trinajstić information content (AvgIpc) is 2.14. The Morgan fingerprint density at radius 2 is 2.57 bits per heavy atom. The van der Waals surface area contributed by atoms with Crippen LogP contribution in [0.5, 0.6) is 0 Å². The summed E-state index contributed by atoms with van der Waals surface area (Å²) < 4.78 is 6.62. The Bertz CT molecular complexity index is 89.7. The monoisotopic (exact) mass is 164 g/mol. The van der Waals surface area contributed by atoms with E-state index in [2.05, 4.69) is 4.99 Å². The van der Waals surface area contributed by atoms with E-state index in [0.717, 1.165) is 13.0 Å². The molecule has 0 aromatic carbocycles. The van der Waals surface area contributed by atoms with Crippen molar-refractivity contribution in [3.05, 3.63) is 0 Å². The Hall–Kier alpha value is 0.149. The average molecular weight is 163 g/mol. The van der Waals surface area contributed by atoms with Gasteiger partial charge in [-0.3, -0.25) is 0 Å². The van der Waals surface area contributed by atoms with Gasteiger partial charge in [0.25, 0.3) is 0 Å². The predicted octanol–water partition coefficient (Wildman–Crippen LogP) is -0.243. The summed E-state index contributed by atoms with van der Waals surface area (Å²) >= 11 is 0.205. The van der Waals surface area contributed by atoms with Gasteiger partial charge in [-0.2, -0.15) is 0 Å². The van der Waals surface area contributed by atoms with Gasteiger partial charge < -0.3 is 0 Å². The van der Waals surface area contributed by atoms with E-state index in [1.165, 1.54) is 11.0 Å². The number of rotatable bonds is 1. The third-order valence-corrected chi connectivity index (χ3v) is 2.24. The molecule has 1 aliphatic rings. The molecule has 0 amide bonds. The molecule has 2 N–H and O–H groups in total. The van der Waals surface area contributed by atoms with Crippen LogP contribution in [-0.2, 0) is 0 Å². The van der Waals surface area contributed by atoms with Gasteiger partial charge in [0.2, 0.25) is 0 Å². The van der Waals surface area contributed by atoms with Crippen molar-refractivity contribution >= 4 is 19.8 Å². The molecule has 0 fully saturated rings. The Labute approximate surface area is 49.6 Å². The van der Waals surface area contributed by atoms with Gasteiger partial charge in [0, 0.05) is 0 Å². The molecular weight excluding hydrogens is 155 g/mol. The van der Waals surface area contributed by atoms with Crippen molar-refractivity contribution in [3.8, 4) is 0 Å². The van der Waals surface area contributed by atoms with E-state index in [4.69, 9.17) is 4.75 Å². The summed E-state index contributed by atoms with van der Waals surface area (Å²) in [6.45, 7) is 1.02. The Balaban J connectivity index is 2.36. The third kappa shape index (κ3) is 1.26. The van der Waals surface area contributed by atoms with Crippen LogP contribution in [0.1, 0.15) is 12.8 Å². The first-order valence-electron chi connectivity index (χ1n) is 2.33. The van der Waals surface area contributed by atoms with Gasteiger partial charge in [-0.15, -0.1) is 0 Å². The zero-order valence-corrected chi connectivity index (χ0v) is 5.77. The fourth-order valence-electron chi connectivity index (χ4n) is 0.609. The fraction of sp³-hybridized carbons (Fsp3) is 0.750. The predicted molar refractivity (Wildman–Crippen MR) is 31.5 cm³/mol. The van der Waals surface area contributed by atoms with Crippen molar-refractivity contribution in [2.24, 2.45) is 9.74 Å². The van der Waals surface area contributed by atoms with Gasteiger partial charge in [0.05, 0.1) is 0 Å². The summed E-state index contributed by atoms with van der Waals surface area (Å²) in [7, 11) is 0. The SMILES string of the molecule is N[Se]C1=NCCC1. The summed E-state index contributed by atoms with van der Waals surface area (Å²) in [5.74, 6) is 0. The molecule has 7 heavy (non-hydrogen) atoms. The normalized spacial score (nSPS) is 19.9.